The van der Waals surface area contributed by atoms with Gasteiger partial charge in [-0.3, -0.25) is 9.36 Å². The zero-order valence-electron chi connectivity index (χ0n) is 17.5. The van der Waals surface area contributed by atoms with Gasteiger partial charge in [0.2, 0.25) is 11.9 Å². The molecule has 1 aliphatic heterocycles. The summed E-state index contributed by atoms with van der Waals surface area (Å²) < 4.78 is 34.0. The van der Waals surface area contributed by atoms with Gasteiger partial charge in [0.05, 0.1) is 25.0 Å². The van der Waals surface area contributed by atoms with Crippen LogP contribution in [0.5, 0.6) is 0 Å². The molecule has 0 spiro atoms. The molecule has 0 saturated carbocycles. The number of amides is 1. The smallest absolute Gasteiger partial charge is 0.237 e. The fraction of sp³-hybridized carbons (Fsp3) is 0.318. The molecule has 0 radical (unpaired) electrons. The van der Waals surface area contributed by atoms with Gasteiger partial charge in [-0.15, -0.1) is 10.2 Å². The maximum atomic E-state index is 13.5. The Balaban J connectivity index is 1.53. The van der Waals surface area contributed by atoms with E-state index in [-0.39, 0.29) is 11.6 Å². The Bertz CT molecular complexity index is 1070. The summed E-state index contributed by atoms with van der Waals surface area (Å²) in [6.45, 7) is 4.95. The molecular formula is C22H23F2N5O2S. The van der Waals surface area contributed by atoms with Crippen molar-refractivity contribution < 1.29 is 18.3 Å². The van der Waals surface area contributed by atoms with Gasteiger partial charge < -0.3 is 15.0 Å². The number of aromatic nitrogens is 3. The molecular weight excluding hydrogens is 436 g/mol. The van der Waals surface area contributed by atoms with E-state index in [0.29, 0.717) is 38.0 Å². The highest BCUT2D eigenvalue weighted by Crippen LogP contribution is 2.28. The molecule has 1 N–H and O–H groups in total. The first-order valence-corrected chi connectivity index (χ1v) is 11.1. The van der Waals surface area contributed by atoms with E-state index < -0.39 is 16.9 Å². The van der Waals surface area contributed by atoms with E-state index in [1.165, 1.54) is 17.8 Å². The summed E-state index contributed by atoms with van der Waals surface area (Å²) >= 11 is 1.26. The Kier molecular flexibility index (Phi) is 7.01. The molecule has 1 aliphatic rings. The van der Waals surface area contributed by atoms with Crippen LogP contribution < -0.4 is 10.2 Å². The predicted octanol–water partition coefficient (Wildman–Crippen LogP) is 3.56. The van der Waals surface area contributed by atoms with Crippen molar-refractivity contribution in [1.82, 2.24) is 14.8 Å². The van der Waals surface area contributed by atoms with Crippen LogP contribution in [0, 0.1) is 11.6 Å². The van der Waals surface area contributed by atoms with Crippen molar-refractivity contribution in [3.8, 4) is 0 Å². The van der Waals surface area contributed by atoms with Gasteiger partial charge in [0.15, 0.2) is 16.8 Å². The summed E-state index contributed by atoms with van der Waals surface area (Å²) in [7, 11) is 0. The third-order valence-electron chi connectivity index (χ3n) is 5.01. The standard InChI is InChI=1S/C22H23F2N5O2S/c1-15(20(30)25-17-7-8-18(23)19(24)13-17)32-22-27-26-21(28-9-11-31-12-10-28)29(22)14-16-5-3-2-4-6-16/h2-8,13,15H,9-12,14H2,1H3,(H,25,30). The summed E-state index contributed by atoms with van der Waals surface area (Å²) in [6.07, 6.45) is 0. The molecule has 3 aromatic rings. The Morgan fingerprint density at radius 1 is 1.12 bits per heavy atom. The first-order valence-electron chi connectivity index (χ1n) is 10.2. The van der Waals surface area contributed by atoms with Crippen molar-refractivity contribution in [2.75, 3.05) is 36.5 Å². The van der Waals surface area contributed by atoms with Crippen molar-refractivity contribution in [3.63, 3.8) is 0 Å². The van der Waals surface area contributed by atoms with E-state index in [0.717, 1.165) is 23.6 Å². The molecule has 1 fully saturated rings. The Morgan fingerprint density at radius 3 is 2.59 bits per heavy atom. The minimum atomic E-state index is -1.01. The molecule has 4 rings (SSSR count). The highest BCUT2D eigenvalue weighted by molar-refractivity contribution is 8.00. The van der Waals surface area contributed by atoms with Gasteiger partial charge in [-0.2, -0.15) is 0 Å². The van der Waals surface area contributed by atoms with Crippen LogP contribution in [0.4, 0.5) is 20.4 Å². The van der Waals surface area contributed by atoms with Crippen LogP contribution in [-0.4, -0.2) is 52.2 Å². The van der Waals surface area contributed by atoms with E-state index in [1.54, 1.807) is 6.92 Å². The number of nitrogens with zero attached hydrogens (tertiary/aromatic N) is 4. The molecule has 10 heteroatoms. The first-order chi connectivity index (χ1) is 15.5. The monoisotopic (exact) mass is 459 g/mol. The fourth-order valence-corrected chi connectivity index (χ4v) is 4.14. The molecule has 168 valence electrons. The van der Waals surface area contributed by atoms with Gasteiger partial charge >= 0.3 is 0 Å². The number of anilines is 2. The highest BCUT2D eigenvalue weighted by Gasteiger charge is 2.24. The number of hydrogen-bond donors (Lipinski definition) is 1. The minimum Gasteiger partial charge on any atom is -0.378 e. The summed E-state index contributed by atoms with van der Waals surface area (Å²) in [5.74, 6) is -1.59. The lowest BCUT2D eigenvalue weighted by molar-refractivity contribution is -0.115. The molecule has 1 amide bonds. The number of rotatable bonds is 7. The van der Waals surface area contributed by atoms with E-state index in [9.17, 15) is 13.6 Å². The highest BCUT2D eigenvalue weighted by atomic mass is 32.2. The summed E-state index contributed by atoms with van der Waals surface area (Å²) in [6, 6.07) is 13.2. The Labute approximate surface area is 188 Å². The van der Waals surface area contributed by atoms with Gasteiger partial charge in [-0.05, 0) is 24.6 Å². The minimum absolute atomic E-state index is 0.195. The van der Waals surface area contributed by atoms with Crippen LogP contribution in [-0.2, 0) is 16.1 Å². The van der Waals surface area contributed by atoms with Crippen molar-refractivity contribution in [2.24, 2.45) is 0 Å². The molecule has 1 aromatic heterocycles. The summed E-state index contributed by atoms with van der Waals surface area (Å²) in [5, 5.41) is 11.4. The Morgan fingerprint density at radius 2 is 1.88 bits per heavy atom. The van der Waals surface area contributed by atoms with Crippen LogP contribution in [0.2, 0.25) is 0 Å². The average Bonchev–Trinajstić information content (AvgIpc) is 3.19. The van der Waals surface area contributed by atoms with E-state index >= 15 is 0 Å². The second kappa shape index (κ2) is 10.1. The van der Waals surface area contributed by atoms with E-state index in [2.05, 4.69) is 20.4 Å². The average molecular weight is 460 g/mol. The number of hydrogen-bond acceptors (Lipinski definition) is 6. The molecule has 1 atom stereocenters. The lowest BCUT2D eigenvalue weighted by Crippen LogP contribution is -2.38. The second-order valence-electron chi connectivity index (χ2n) is 7.33. The second-order valence-corrected chi connectivity index (χ2v) is 8.64. The van der Waals surface area contributed by atoms with Gasteiger partial charge in [0.25, 0.3) is 0 Å². The first kappa shape index (κ1) is 22.2. The fourth-order valence-electron chi connectivity index (χ4n) is 3.30. The molecule has 1 saturated heterocycles. The largest absolute Gasteiger partial charge is 0.378 e. The maximum Gasteiger partial charge on any atom is 0.237 e. The molecule has 0 aliphatic carbocycles. The number of benzene rings is 2. The number of nitrogens with one attached hydrogen (secondary N) is 1. The van der Waals surface area contributed by atoms with Gasteiger partial charge in [-0.1, -0.05) is 42.1 Å². The van der Waals surface area contributed by atoms with E-state index in [4.69, 9.17) is 4.74 Å². The third kappa shape index (κ3) is 5.25. The molecule has 7 nitrogen and oxygen atoms in total. The Hall–Kier alpha value is -2.98. The van der Waals surface area contributed by atoms with Crippen LogP contribution in [0.25, 0.3) is 0 Å². The lowest BCUT2D eigenvalue weighted by Gasteiger charge is -2.28. The van der Waals surface area contributed by atoms with Gasteiger partial charge in [0.1, 0.15) is 0 Å². The topological polar surface area (TPSA) is 72.3 Å². The van der Waals surface area contributed by atoms with Crippen molar-refractivity contribution >= 4 is 29.3 Å². The summed E-state index contributed by atoms with van der Waals surface area (Å²) in [4.78, 5) is 14.8. The maximum absolute atomic E-state index is 13.5. The molecule has 0 bridgehead atoms. The number of halogens is 2. The summed E-state index contributed by atoms with van der Waals surface area (Å²) in [5.41, 5.74) is 1.28. The lowest BCUT2D eigenvalue weighted by atomic mass is 10.2. The van der Waals surface area contributed by atoms with Crippen molar-refractivity contribution in [2.45, 2.75) is 23.9 Å². The molecule has 32 heavy (non-hydrogen) atoms. The number of carbonyl (C=O) groups excluding carboxylic acids is 1. The van der Waals surface area contributed by atoms with Crippen LogP contribution >= 0.6 is 11.8 Å². The van der Waals surface area contributed by atoms with Crippen LogP contribution in [0.1, 0.15) is 12.5 Å². The number of thioether (sulfide) groups is 1. The predicted molar refractivity (Wildman–Crippen MR) is 119 cm³/mol. The third-order valence-corrected chi connectivity index (χ3v) is 6.09. The zero-order valence-corrected chi connectivity index (χ0v) is 18.3. The molecule has 2 aromatic carbocycles. The normalized spacial score (nSPS) is 14.9. The van der Waals surface area contributed by atoms with Gasteiger partial charge in [-0.25, -0.2) is 8.78 Å². The number of ether oxygens (including phenoxy) is 1. The van der Waals surface area contributed by atoms with E-state index in [1.807, 2.05) is 34.9 Å². The van der Waals surface area contributed by atoms with Crippen LogP contribution in [0.15, 0.2) is 53.7 Å². The van der Waals surface area contributed by atoms with Crippen LogP contribution in [0.3, 0.4) is 0 Å². The van der Waals surface area contributed by atoms with Crippen molar-refractivity contribution in [3.05, 3.63) is 65.7 Å². The zero-order chi connectivity index (χ0) is 22.5. The van der Waals surface area contributed by atoms with Gasteiger partial charge in [0, 0.05) is 24.8 Å². The quantitative estimate of drug-likeness (QED) is 0.545. The SMILES string of the molecule is CC(Sc1nnc(N2CCOCC2)n1Cc1ccccc1)C(=O)Nc1ccc(F)c(F)c1. The molecule has 1 unspecified atom stereocenters. The molecule has 2 heterocycles. The number of morpholine rings is 1. The number of carbonyl (C=O) groups is 1. The van der Waals surface area contributed by atoms with Crippen molar-refractivity contribution in [1.29, 1.82) is 0 Å².